The predicted octanol–water partition coefficient (Wildman–Crippen LogP) is -1.25. The number of rotatable bonds is 2. The second-order valence-electron chi connectivity index (χ2n) is 2.99. The number of aliphatic carboxylic acids is 1. The van der Waals surface area contributed by atoms with Gasteiger partial charge in [0, 0.05) is 5.92 Å². The summed E-state index contributed by atoms with van der Waals surface area (Å²) in [7, 11) is 0. The Morgan fingerprint density at radius 1 is 1.50 bits per heavy atom. The first-order valence-electron chi connectivity index (χ1n) is 3.95. The monoisotopic (exact) mass is 175 g/mol. The molecule has 0 spiro atoms. The summed E-state index contributed by atoms with van der Waals surface area (Å²) < 4.78 is 0. The third-order valence-electron chi connectivity index (χ3n) is 2.16. The number of carboxylic acids is 1. The smallest absolute Gasteiger partial charge is 0.321 e. The van der Waals surface area contributed by atoms with Crippen LogP contribution in [0.15, 0.2) is 0 Å². The maximum atomic E-state index is 10.6. The number of carboxylic acid groups (broad SMARTS) is 1. The molecule has 0 aromatic rings. The van der Waals surface area contributed by atoms with E-state index in [2.05, 4.69) is 5.32 Å². The summed E-state index contributed by atoms with van der Waals surface area (Å²) >= 11 is 0. The van der Waals surface area contributed by atoms with Gasteiger partial charge in [-0.05, 0) is 19.4 Å². The molecule has 0 aromatic carbocycles. The lowest BCUT2D eigenvalue weighted by Crippen LogP contribution is -2.50. The first-order chi connectivity index (χ1) is 5.63. The van der Waals surface area contributed by atoms with Crippen LogP contribution < -0.4 is 5.32 Å². The van der Waals surface area contributed by atoms with Crippen molar-refractivity contribution in [1.82, 2.24) is 5.32 Å². The third-order valence-corrected chi connectivity index (χ3v) is 2.16. The fourth-order valence-corrected chi connectivity index (χ4v) is 1.51. The topological polar surface area (TPSA) is 89.8 Å². The van der Waals surface area contributed by atoms with Crippen LogP contribution in [0.5, 0.6) is 0 Å². The Hall–Kier alpha value is -0.650. The second-order valence-corrected chi connectivity index (χ2v) is 2.99. The summed E-state index contributed by atoms with van der Waals surface area (Å²) in [5, 5.41) is 29.1. The Balaban J connectivity index is 2.60. The molecule has 1 saturated heterocycles. The van der Waals surface area contributed by atoms with Crippen LogP contribution in [0.2, 0.25) is 0 Å². The first-order valence-corrected chi connectivity index (χ1v) is 3.95. The zero-order valence-corrected chi connectivity index (χ0v) is 6.60. The van der Waals surface area contributed by atoms with E-state index in [9.17, 15) is 4.79 Å². The maximum Gasteiger partial charge on any atom is 0.321 e. The molecular formula is C7H13NO4. The van der Waals surface area contributed by atoms with Crippen LogP contribution in [0.3, 0.4) is 0 Å². The summed E-state index contributed by atoms with van der Waals surface area (Å²) in [6.07, 6.45) is -0.216. The van der Waals surface area contributed by atoms with Crippen molar-refractivity contribution in [1.29, 1.82) is 0 Å². The van der Waals surface area contributed by atoms with E-state index >= 15 is 0 Å². The summed E-state index contributed by atoms with van der Waals surface area (Å²) in [5.74, 6) is -1.61. The van der Waals surface area contributed by atoms with Crippen LogP contribution in [0.1, 0.15) is 12.8 Å². The van der Waals surface area contributed by atoms with Gasteiger partial charge in [-0.1, -0.05) is 0 Å². The van der Waals surface area contributed by atoms with Gasteiger partial charge in [0.05, 0.1) is 0 Å². The largest absolute Gasteiger partial charge is 0.480 e. The number of aliphatic hydroxyl groups is 2. The van der Waals surface area contributed by atoms with E-state index in [1.807, 2.05) is 0 Å². The Bertz CT molecular complexity index is 171. The van der Waals surface area contributed by atoms with Crippen molar-refractivity contribution < 1.29 is 20.1 Å². The van der Waals surface area contributed by atoms with Gasteiger partial charge >= 0.3 is 5.97 Å². The molecule has 0 aromatic heterocycles. The molecule has 5 nitrogen and oxygen atoms in total. The van der Waals surface area contributed by atoms with Gasteiger partial charge in [-0.25, -0.2) is 0 Å². The van der Waals surface area contributed by atoms with Crippen molar-refractivity contribution in [2.45, 2.75) is 25.2 Å². The molecule has 2 atom stereocenters. The normalized spacial score (nSPS) is 30.6. The minimum absolute atomic E-state index is 0.543. The minimum Gasteiger partial charge on any atom is -0.480 e. The van der Waals surface area contributed by atoms with E-state index in [1.54, 1.807) is 0 Å². The zero-order chi connectivity index (χ0) is 9.14. The van der Waals surface area contributed by atoms with Crippen LogP contribution in [0, 0.1) is 5.92 Å². The average molecular weight is 175 g/mol. The molecule has 1 heterocycles. The fraction of sp³-hybridized carbons (Fsp3) is 0.857. The highest BCUT2D eigenvalue weighted by atomic mass is 16.5. The molecule has 1 fully saturated rings. The van der Waals surface area contributed by atoms with Crippen molar-refractivity contribution in [3.63, 3.8) is 0 Å². The van der Waals surface area contributed by atoms with Gasteiger partial charge in [0.15, 0.2) is 6.29 Å². The lowest BCUT2D eigenvalue weighted by molar-refractivity contribution is -0.151. The molecule has 0 bridgehead atoms. The molecule has 0 amide bonds. The summed E-state index contributed by atoms with van der Waals surface area (Å²) in [4.78, 5) is 10.6. The highest BCUT2D eigenvalue weighted by Gasteiger charge is 2.34. The SMILES string of the molecule is O=C(O)C1NCCCC1C(O)O. The predicted molar refractivity (Wildman–Crippen MR) is 40.4 cm³/mol. The van der Waals surface area contributed by atoms with Crippen LogP contribution in [-0.4, -0.2) is 40.2 Å². The Morgan fingerprint density at radius 3 is 2.58 bits per heavy atom. The number of nitrogens with one attached hydrogen (secondary N) is 1. The van der Waals surface area contributed by atoms with Crippen molar-refractivity contribution >= 4 is 5.97 Å². The number of hydrogen-bond donors (Lipinski definition) is 4. The summed E-state index contributed by atoms with van der Waals surface area (Å²) in [6, 6.07) is -0.821. The number of piperidine rings is 1. The van der Waals surface area contributed by atoms with E-state index in [0.29, 0.717) is 13.0 Å². The van der Waals surface area contributed by atoms with E-state index < -0.39 is 24.2 Å². The minimum atomic E-state index is -1.54. The van der Waals surface area contributed by atoms with Crippen molar-refractivity contribution in [3.8, 4) is 0 Å². The molecule has 0 radical (unpaired) electrons. The first kappa shape index (κ1) is 9.44. The Labute approximate surface area is 70.0 Å². The molecule has 0 saturated carbocycles. The number of hydrogen-bond acceptors (Lipinski definition) is 4. The highest BCUT2D eigenvalue weighted by Crippen LogP contribution is 2.19. The van der Waals surface area contributed by atoms with Gasteiger partial charge in [-0.3, -0.25) is 4.79 Å². The quantitative estimate of drug-likeness (QED) is 0.394. The molecule has 1 aliphatic rings. The van der Waals surface area contributed by atoms with Gasteiger partial charge in [0.25, 0.3) is 0 Å². The number of carbonyl (C=O) groups is 1. The van der Waals surface area contributed by atoms with Crippen LogP contribution in [0.25, 0.3) is 0 Å². The molecule has 4 N–H and O–H groups in total. The molecule has 0 aliphatic carbocycles. The van der Waals surface area contributed by atoms with E-state index in [0.717, 1.165) is 6.42 Å². The van der Waals surface area contributed by atoms with Crippen molar-refractivity contribution in [2.24, 2.45) is 5.92 Å². The van der Waals surface area contributed by atoms with Crippen molar-refractivity contribution in [2.75, 3.05) is 6.54 Å². The fourth-order valence-electron chi connectivity index (χ4n) is 1.51. The number of aliphatic hydroxyl groups excluding tert-OH is 1. The molecule has 12 heavy (non-hydrogen) atoms. The highest BCUT2D eigenvalue weighted by molar-refractivity contribution is 5.74. The standard InChI is InChI=1S/C7H13NO4/c9-6(10)4-2-1-3-8-5(4)7(11)12/h4-6,8-10H,1-3H2,(H,11,12). The van der Waals surface area contributed by atoms with Gasteiger partial charge in [0.1, 0.15) is 6.04 Å². The van der Waals surface area contributed by atoms with Crippen LogP contribution in [0.4, 0.5) is 0 Å². The van der Waals surface area contributed by atoms with Gasteiger partial charge in [-0.15, -0.1) is 0 Å². The maximum absolute atomic E-state index is 10.6. The van der Waals surface area contributed by atoms with Crippen molar-refractivity contribution in [3.05, 3.63) is 0 Å². The Morgan fingerprint density at radius 2 is 2.17 bits per heavy atom. The molecular weight excluding hydrogens is 162 g/mol. The van der Waals surface area contributed by atoms with Gasteiger partial charge in [-0.2, -0.15) is 0 Å². The third kappa shape index (κ3) is 1.94. The lowest BCUT2D eigenvalue weighted by Gasteiger charge is -2.30. The van der Waals surface area contributed by atoms with Gasteiger partial charge < -0.3 is 20.6 Å². The summed E-state index contributed by atoms with van der Waals surface area (Å²) in [6.45, 7) is 0.625. The lowest BCUT2D eigenvalue weighted by atomic mass is 9.90. The zero-order valence-electron chi connectivity index (χ0n) is 6.60. The Kier molecular flexibility index (Phi) is 3.02. The molecule has 5 heteroatoms. The average Bonchev–Trinajstić information content (AvgIpc) is 2.04. The van der Waals surface area contributed by atoms with Crippen LogP contribution >= 0.6 is 0 Å². The van der Waals surface area contributed by atoms with E-state index in [-0.39, 0.29) is 0 Å². The van der Waals surface area contributed by atoms with Gasteiger partial charge in [0.2, 0.25) is 0 Å². The van der Waals surface area contributed by atoms with E-state index in [1.165, 1.54) is 0 Å². The second kappa shape index (κ2) is 3.84. The molecule has 1 rings (SSSR count). The summed E-state index contributed by atoms with van der Waals surface area (Å²) in [5.41, 5.74) is 0. The molecule has 1 aliphatic heterocycles. The molecule has 2 unspecified atom stereocenters. The van der Waals surface area contributed by atoms with E-state index in [4.69, 9.17) is 15.3 Å². The molecule has 70 valence electrons. The van der Waals surface area contributed by atoms with Crippen LogP contribution in [-0.2, 0) is 4.79 Å².